The molecule has 0 atom stereocenters. The number of aliphatic imine (C=N–C) groups is 1. The molecule has 0 aliphatic carbocycles. The van der Waals surface area contributed by atoms with Gasteiger partial charge in [0.1, 0.15) is 18.0 Å². The highest BCUT2D eigenvalue weighted by molar-refractivity contribution is 9.10. The van der Waals surface area contributed by atoms with Gasteiger partial charge in [0.2, 0.25) is 0 Å². The largest absolute Gasteiger partial charge is 0.494 e. The number of H-pyrrole nitrogens is 1. The number of para-hydroxylation sites is 1. The second kappa shape index (κ2) is 6.34. The Balaban J connectivity index is 1.91. The van der Waals surface area contributed by atoms with E-state index >= 15 is 0 Å². The SMILES string of the molecule is NCCON=C1C(c2c(O)[nH]c3ccc(Br)cc23)=Nc2ccccc21. The number of nitrogens with one attached hydrogen (secondary N) is 1. The van der Waals surface area contributed by atoms with E-state index in [0.717, 1.165) is 26.6 Å². The highest BCUT2D eigenvalue weighted by atomic mass is 79.9. The summed E-state index contributed by atoms with van der Waals surface area (Å²) in [5.41, 5.74) is 9.69. The molecule has 25 heavy (non-hydrogen) atoms. The van der Waals surface area contributed by atoms with Crippen molar-refractivity contribution in [1.82, 2.24) is 4.98 Å². The van der Waals surface area contributed by atoms with Crippen molar-refractivity contribution in [2.45, 2.75) is 0 Å². The molecule has 1 aliphatic heterocycles. The Morgan fingerprint density at radius 2 is 2.08 bits per heavy atom. The van der Waals surface area contributed by atoms with Crippen LogP contribution in [0.15, 0.2) is 57.1 Å². The van der Waals surface area contributed by atoms with Crippen molar-refractivity contribution in [1.29, 1.82) is 0 Å². The predicted octanol–water partition coefficient (Wildman–Crippen LogP) is 3.45. The lowest BCUT2D eigenvalue weighted by atomic mass is 10.0. The topological polar surface area (TPSA) is 96.0 Å². The van der Waals surface area contributed by atoms with E-state index in [1.165, 1.54) is 0 Å². The first-order valence-electron chi connectivity index (χ1n) is 7.78. The predicted molar refractivity (Wildman–Crippen MR) is 102 cm³/mol. The van der Waals surface area contributed by atoms with Crippen LogP contribution in [0.3, 0.4) is 0 Å². The van der Waals surface area contributed by atoms with Crippen LogP contribution < -0.4 is 5.73 Å². The molecule has 126 valence electrons. The number of oxime groups is 1. The number of aromatic amines is 1. The van der Waals surface area contributed by atoms with E-state index < -0.39 is 0 Å². The lowest BCUT2D eigenvalue weighted by molar-refractivity contribution is 0.153. The van der Waals surface area contributed by atoms with Gasteiger partial charge in [-0.3, -0.25) is 0 Å². The van der Waals surface area contributed by atoms with E-state index in [-0.39, 0.29) is 5.88 Å². The fourth-order valence-corrected chi connectivity index (χ4v) is 3.25. The van der Waals surface area contributed by atoms with Crippen molar-refractivity contribution in [2.24, 2.45) is 15.9 Å². The molecule has 1 aromatic heterocycles. The van der Waals surface area contributed by atoms with E-state index in [1.807, 2.05) is 42.5 Å². The molecule has 0 saturated carbocycles. The molecule has 7 heteroatoms. The molecule has 1 aliphatic rings. The van der Waals surface area contributed by atoms with Crippen LogP contribution in [0, 0.1) is 0 Å². The maximum absolute atomic E-state index is 10.5. The maximum Gasteiger partial charge on any atom is 0.199 e. The molecule has 4 rings (SSSR count). The van der Waals surface area contributed by atoms with Crippen LogP contribution in [0.25, 0.3) is 10.9 Å². The number of nitrogens with two attached hydrogens (primary N) is 1. The molecule has 2 aromatic carbocycles. The number of benzene rings is 2. The number of hydrogen-bond acceptors (Lipinski definition) is 5. The first-order chi connectivity index (χ1) is 12.2. The fourth-order valence-electron chi connectivity index (χ4n) is 2.89. The minimum atomic E-state index is 0.0474. The monoisotopic (exact) mass is 398 g/mol. The number of halogens is 1. The Morgan fingerprint density at radius 3 is 2.92 bits per heavy atom. The fraction of sp³-hybridized carbons (Fsp3) is 0.111. The first-order valence-corrected chi connectivity index (χ1v) is 8.57. The molecular weight excluding hydrogens is 384 g/mol. The standard InChI is InChI=1S/C18H15BrN4O2/c19-10-5-6-14-12(9-10)15(18(24)22-14)17-16(23-25-8-7-20)11-3-1-2-4-13(11)21-17/h1-6,9,22,24H,7-8,20H2. The Labute approximate surface area is 152 Å². The number of rotatable bonds is 4. The second-order valence-electron chi connectivity index (χ2n) is 5.58. The van der Waals surface area contributed by atoms with Gasteiger partial charge >= 0.3 is 0 Å². The second-order valence-corrected chi connectivity index (χ2v) is 6.49. The van der Waals surface area contributed by atoms with Gasteiger partial charge in [0.25, 0.3) is 0 Å². The molecule has 4 N–H and O–H groups in total. The summed E-state index contributed by atoms with van der Waals surface area (Å²) in [7, 11) is 0. The van der Waals surface area contributed by atoms with Crippen molar-refractivity contribution in [3.05, 3.63) is 58.1 Å². The summed E-state index contributed by atoms with van der Waals surface area (Å²) in [6.07, 6.45) is 0. The van der Waals surface area contributed by atoms with Gasteiger partial charge in [-0.15, -0.1) is 0 Å². The molecule has 0 amide bonds. The quantitative estimate of drug-likeness (QED) is 0.463. The average Bonchev–Trinajstić information content (AvgIpc) is 3.11. The zero-order chi connectivity index (χ0) is 17.4. The Morgan fingerprint density at radius 1 is 1.24 bits per heavy atom. The van der Waals surface area contributed by atoms with Crippen LogP contribution in [0.1, 0.15) is 11.1 Å². The molecule has 2 heterocycles. The van der Waals surface area contributed by atoms with Crippen molar-refractivity contribution in [2.75, 3.05) is 13.2 Å². The number of hydrogen-bond donors (Lipinski definition) is 3. The molecule has 0 unspecified atom stereocenters. The molecule has 3 aromatic rings. The normalized spacial score (nSPS) is 14.8. The summed E-state index contributed by atoms with van der Waals surface area (Å²) in [4.78, 5) is 13.0. The molecule has 0 saturated heterocycles. The van der Waals surface area contributed by atoms with Gasteiger partial charge in [0, 0.05) is 27.5 Å². The van der Waals surface area contributed by atoms with Gasteiger partial charge in [0.15, 0.2) is 5.88 Å². The summed E-state index contributed by atoms with van der Waals surface area (Å²) < 4.78 is 0.911. The van der Waals surface area contributed by atoms with Crippen molar-refractivity contribution < 1.29 is 9.94 Å². The van der Waals surface area contributed by atoms with E-state index in [4.69, 9.17) is 10.6 Å². The smallest absolute Gasteiger partial charge is 0.199 e. The van der Waals surface area contributed by atoms with Crippen LogP contribution in [0.5, 0.6) is 5.88 Å². The molecule has 0 fully saturated rings. The summed E-state index contributed by atoms with van der Waals surface area (Å²) in [5, 5.41) is 15.6. The maximum atomic E-state index is 10.5. The van der Waals surface area contributed by atoms with E-state index in [0.29, 0.717) is 30.1 Å². The molecule has 0 radical (unpaired) electrons. The van der Waals surface area contributed by atoms with Crippen LogP contribution >= 0.6 is 15.9 Å². The lowest BCUT2D eigenvalue weighted by Gasteiger charge is -2.05. The van der Waals surface area contributed by atoms with Gasteiger partial charge in [0.05, 0.1) is 11.3 Å². The highest BCUT2D eigenvalue weighted by Crippen LogP contribution is 2.36. The summed E-state index contributed by atoms with van der Waals surface area (Å²) >= 11 is 3.47. The minimum absolute atomic E-state index is 0.0474. The van der Waals surface area contributed by atoms with Gasteiger partial charge in [-0.25, -0.2) is 4.99 Å². The van der Waals surface area contributed by atoms with Crippen molar-refractivity contribution in [3.63, 3.8) is 0 Å². The molecule has 0 bridgehead atoms. The molecule has 0 spiro atoms. The third-order valence-electron chi connectivity index (χ3n) is 3.96. The van der Waals surface area contributed by atoms with Crippen molar-refractivity contribution >= 4 is 43.9 Å². The summed E-state index contributed by atoms with van der Waals surface area (Å²) in [5.74, 6) is 0.0474. The third-order valence-corrected chi connectivity index (χ3v) is 4.45. The highest BCUT2D eigenvalue weighted by Gasteiger charge is 2.29. The zero-order valence-corrected chi connectivity index (χ0v) is 14.7. The van der Waals surface area contributed by atoms with Gasteiger partial charge in [-0.05, 0) is 24.3 Å². The zero-order valence-electron chi connectivity index (χ0n) is 13.2. The van der Waals surface area contributed by atoms with Crippen LogP contribution in [0.4, 0.5) is 5.69 Å². The first kappa shape index (κ1) is 15.9. The van der Waals surface area contributed by atoms with Crippen LogP contribution in [-0.4, -0.2) is 34.7 Å². The van der Waals surface area contributed by atoms with E-state index in [1.54, 1.807) is 0 Å². The Bertz CT molecular complexity index is 1020. The number of nitrogens with zero attached hydrogens (tertiary/aromatic N) is 2. The van der Waals surface area contributed by atoms with E-state index in [9.17, 15) is 5.11 Å². The van der Waals surface area contributed by atoms with Gasteiger partial charge < -0.3 is 20.7 Å². The minimum Gasteiger partial charge on any atom is -0.494 e. The third kappa shape index (κ3) is 2.71. The van der Waals surface area contributed by atoms with Crippen LogP contribution in [-0.2, 0) is 4.84 Å². The van der Waals surface area contributed by atoms with Crippen LogP contribution in [0.2, 0.25) is 0 Å². The van der Waals surface area contributed by atoms with Crippen molar-refractivity contribution in [3.8, 4) is 5.88 Å². The average molecular weight is 399 g/mol. The number of fused-ring (bicyclic) bond motifs is 2. The summed E-state index contributed by atoms with van der Waals surface area (Å²) in [6, 6.07) is 13.4. The number of aromatic nitrogens is 1. The van der Waals surface area contributed by atoms with Gasteiger partial charge in [-0.2, -0.15) is 0 Å². The summed E-state index contributed by atoms with van der Waals surface area (Å²) in [6.45, 7) is 0.681. The molecule has 6 nitrogen and oxygen atoms in total. The van der Waals surface area contributed by atoms with E-state index in [2.05, 4.69) is 31.1 Å². The Kier molecular flexibility index (Phi) is 4.03. The molecular formula is C18H15BrN4O2. The van der Waals surface area contributed by atoms with Gasteiger partial charge in [-0.1, -0.05) is 39.3 Å². The Hall–Kier alpha value is -2.64. The number of aromatic hydroxyl groups is 1. The lowest BCUT2D eigenvalue weighted by Crippen LogP contribution is -2.15.